The number of hydrogen-bond acceptors (Lipinski definition) is 4. The Hall–Kier alpha value is -1.40. The Balaban J connectivity index is 1.56. The van der Waals surface area contributed by atoms with E-state index in [1.807, 2.05) is 24.3 Å². The lowest BCUT2D eigenvalue weighted by Crippen LogP contribution is -1.95. The van der Waals surface area contributed by atoms with Crippen molar-refractivity contribution in [2.45, 2.75) is 12.8 Å². The summed E-state index contributed by atoms with van der Waals surface area (Å²) in [5.41, 5.74) is 2.38. The molecule has 2 aromatic carbocycles. The Morgan fingerprint density at radius 2 is 1.00 bits per heavy atom. The van der Waals surface area contributed by atoms with Gasteiger partial charge < -0.3 is 18.9 Å². The molecule has 22 heavy (non-hydrogen) atoms. The fraction of sp³-hybridized carbons (Fsp3) is 0.250. The second kappa shape index (κ2) is 5.66. The summed E-state index contributed by atoms with van der Waals surface area (Å²) in [5, 5.41) is 0. The van der Waals surface area contributed by atoms with Crippen LogP contribution in [0.2, 0.25) is 0 Å². The molecule has 2 heterocycles. The second-order valence-corrected chi connectivity index (χ2v) is 6.80. The monoisotopic (exact) mass is 426 g/mol. The van der Waals surface area contributed by atoms with Gasteiger partial charge >= 0.3 is 0 Å². The van der Waals surface area contributed by atoms with Crippen molar-refractivity contribution in [2.75, 3.05) is 13.6 Å². The van der Waals surface area contributed by atoms with Crippen molar-refractivity contribution < 1.29 is 18.9 Å². The second-order valence-electron chi connectivity index (χ2n) is 5.09. The maximum absolute atomic E-state index is 5.44. The topological polar surface area (TPSA) is 36.9 Å². The third-order valence-corrected chi connectivity index (χ3v) is 5.22. The summed E-state index contributed by atoms with van der Waals surface area (Å²) in [6.07, 6.45) is 1.77. The van der Waals surface area contributed by atoms with Crippen LogP contribution < -0.4 is 18.9 Å². The third kappa shape index (κ3) is 2.54. The molecule has 0 amide bonds. The van der Waals surface area contributed by atoms with Crippen LogP contribution in [0.15, 0.2) is 33.2 Å². The molecule has 114 valence electrons. The van der Waals surface area contributed by atoms with Crippen molar-refractivity contribution in [3.05, 3.63) is 44.3 Å². The molecule has 2 aliphatic rings. The van der Waals surface area contributed by atoms with E-state index in [-0.39, 0.29) is 0 Å². The molecule has 0 saturated carbocycles. The molecule has 0 spiro atoms. The first-order valence-corrected chi connectivity index (χ1v) is 8.45. The van der Waals surface area contributed by atoms with Gasteiger partial charge in [0.05, 0.1) is 0 Å². The summed E-state index contributed by atoms with van der Waals surface area (Å²) in [7, 11) is 0. The van der Waals surface area contributed by atoms with Gasteiger partial charge in [-0.15, -0.1) is 0 Å². The minimum absolute atomic E-state index is 0.291. The lowest BCUT2D eigenvalue weighted by atomic mass is 10.0. The highest BCUT2D eigenvalue weighted by atomic mass is 79.9. The Kier molecular flexibility index (Phi) is 3.66. The zero-order valence-corrected chi connectivity index (χ0v) is 14.7. The molecule has 2 aromatic rings. The zero-order valence-electron chi connectivity index (χ0n) is 11.5. The highest BCUT2D eigenvalue weighted by molar-refractivity contribution is 9.10. The summed E-state index contributed by atoms with van der Waals surface area (Å²) < 4.78 is 23.7. The van der Waals surface area contributed by atoms with E-state index in [2.05, 4.69) is 31.9 Å². The molecule has 4 rings (SSSR count). The van der Waals surface area contributed by atoms with Crippen molar-refractivity contribution in [3.63, 3.8) is 0 Å². The van der Waals surface area contributed by atoms with Crippen molar-refractivity contribution >= 4 is 31.9 Å². The molecule has 0 atom stereocenters. The summed E-state index contributed by atoms with van der Waals surface area (Å²) >= 11 is 7.20. The highest BCUT2D eigenvalue weighted by Gasteiger charge is 2.18. The van der Waals surface area contributed by atoms with Gasteiger partial charge in [-0.3, -0.25) is 0 Å². The SMILES string of the molecule is Brc1cc2c(cc1CCc1cc3c(cc1Br)OCO3)OCO2. The average molecular weight is 428 g/mol. The van der Waals surface area contributed by atoms with Gasteiger partial charge in [0.15, 0.2) is 23.0 Å². The van der Waals surface area contributed by atoms with E-state index in [0.717, 1.165) is 44.8 Å². The summed E-state index contributed by atoms with van der Waals surface area (Å²) in [4.78, 5) is 0. The predicted molar refractivity (Wildman–Crippen MR) is 87.9 cm³/mol. The summed E-state index contributed by atoms with van der Waals surface area (Å²) in [6.45, 7) is 0.581. The van der Waals surface area contributed by atoms with Crippen LogP contribution in [0.1, 0.15) is 11.1 Å². The Morgan fingerprint density at radius 1 is 0.636 bits per heavy atom. The maximum atomic E-state index is 5.44. The first-order valence-electron chi connectivity index (χ1n) is 6.87. The number of ether oxygens (including phenoxy) is 4. The van der Waals surface area contributed by atoms with Gasteiger partial charge in [-0.2, -0.15) is 0 Å². The summed E-state index contributed by atoms with van der Waals surface area (Å²) in [5.74, 6) is 3.20. The van der Waals surface area contributed by atoms with Gasteiger partial charge in [-0.1, -0.05) is 31.9 Å². The van der Waals surface area contributed by atoms with Gasteiger partial charge in [0.1, 0.15) is 0 Å². The third-order valence-electron chi connectivity index (χ3n) is 3.75. The quantitative estimate of drug-likeness (QED) is 0.724. The molecule has 0 N–H and O–H groups in total. The van der Waals surface area contributed by atoms with E-state index >= 15 is 0 Å². The Labute approximate surface area is 144 Å². The smallest absolute Gasteiger partial charge is 0.231 e. The number of aryl methyl sites for hydroxylation is 2. The molecule has 0 fully saturated rings. The van der Waals surface area contributed by atoms with Crippen molar-refractivity contribution in [1.82, 2.24) is 0 Å². The Bertz CT molecular complexity index is 682. The predicted octanol–water partition coefficient (Wildman–Crippen LogP) is 4.45. The van der Waals surface area contributed by atoms with Crippen molar-refractivity contribution in [2.24, 2.45) is 0 Å². The maximum Gasteiger partial charge on any atom is 0.231 e. The zero-order chi connectivity index (χ0) is 15.1. The average Bonchev–Trinajstić information content (AvgIpc) is 3.12. The van der Waals surface area contributed by atoms with E-state index in [1.54, 1.807) is 0 Å². The first-order chi connectivity index (χ1) is 10.7. The van der Waals surface area contributed by atoms with Crippen molar-refractivity contribution in [1.29, 1.82) is 0 Å². The molecular formula is C16H12Br2O4. The molecule has 0 radical (unpaired) electrons. The van der Waals surface area contributed by atoms with Gasteiger partial charge in [0.25, 0.3) is 0 Å². The molecule has 0 unspecified atom stereocenters. The van der Waals surface area contributed by atoms with Crippen LogP contribution in [-0.4, -0.2) is 13.6 Å². The van der Waals surface area contributed by atoms with Crippen molar-refractivity contribution in [3.8, 4) is 23.0 Å². The number of hydrogen-bond donors (Lipinski definition) is 0. The van der Waals surface area contributed by atoms with Crippen LogP contribution in [0.25, 0.3) is 0 Å². The molecule has 0 saturated heterocycles. The number of fused-ring (bicyclic) bond motifs is 2. The number of rotatable bonds is 3. The molecule has 2 aliphatic heterocycles. The largest absolute Gasteiger partial charge is 0.454 e. The standard InChI is InChI=1S/C16H12Br2O4/c17-11-5-15-13(19-7-21-15)3-9(11)1-2-10-4-14-16(6-12(10)18)22-8-20-14/h3-6H,1-2,7-8H2. The highest BCUT2D eigenvalue weighted by Crippen LogP contribution is 2.39. The van der Waals surface area contributed by atoms with Crippen LogP contribution in [0.5, 0.6) is 23.0 Å². The van der Waals surface area contributed by atoms with Gasteiger partial charge in [-0.25, -0.2) is 0 Å². The lowest BCUT2D eigenvalue weighted by Gasteiger charge is -2.09. The van der Waals surface area contributed by atoms with E-state index < -0.39 is 0 Å². The van der Waals surface area contributed by atoms with Crippen LogP contribution in [0.4, 0.5) is 0 Å². The molecule has 0 aromatic heterocycles. The van der Waals surface area contributed by atoms with E-state index in [4.69, 9.17) is 18.9 Å². The van der Waals surface area contributed by atoms with Crippen LogP contribution in [0, 0.1) is 0 Å². The number of halogens is 2. The normalized spacial score (nSPS) is 14.5. The van der Waals surface area contributed by atoms with E-state index in [1.165, 1.54) is 11.1 Å². The van der Waals surface area contributed by atoms with Gasteiger partial charge in [0.2, 0.25) is 13.6 Å². The van der Waals surface area contributed by atoms with Gasteiger partial charge in [0, 0.05) is 8.95 Å². The fourth-order valence-electron chi connectivity index (χ4n) is 2.57. The summed E-state index contributed by atoms with van der Waals surface area (Å²) in [6, 6.07) is 8.00. The van der Waals surface area contributed by atoms with Crippen LogP contribution >= 0.6 is 31.9 Å². The van der Waals surface area contributed by atoms with Gasteiger partial charge in [-0.05, 0) is 48.2 Å². The molecule has 6 heteroatoms. The minimum Gasteiger partial charge on any atom is -0.454 e. The molecule has 4 nitrogen and oxygen atoms in total. The minimum atomic E-state index is 0.291. The van der Waals surface area contributed by atoms with E-state index in [9.17, 15) is 0 Å². The molecule has 0 bridgehead atoms. The molecular weight excluding hydrogens is 416 g/mol. The Morgan fingerprint density at radius 3 is 1.41 bits per heavy atom. The number of benzene rings is 2. The van der Waals surface area contributed by atoms with E-state index in [0.29, 0.717) is 13.6 Å². The molecule has 0 aliphatic carbocycles. The lowest BCUT2D eigenvalue weighted by molar-refractivity contribution is 0.173. The van der Waals surface area contributed by atoms with Crippen LogP contribution in [0.3, 0.4) is 0 Å². The fourth-order valence-corrected chi connectivity index (χ4v) is 3.61. The van der Waals surface area contributed by atoms with Crippen LogP contribution in [-0.2, 0) is 12.8 Å². The first kappa shape index (κ1) is 14.2.